The molecule has 0 radical (unpaired) electrons. The Bertz CT molecular complexity index is 258. The molecule has 0 amide bonds. The Morgan fingerprint density at radius 3 is 2.86 bits per heavy atom. The molecule has 1 N–H and O–H groups in total. The molecule has 3 nitrogen and oxygen atoms in total. The van der Waals surface area contributed by atoms with Crippen molar-refractivity contribution in [1.82, 2.24) is 9.88 Å². The minimum absolute atomic E-state index is 1.01. The monoisotopic (exact) mass is 213 g/mol. The van der Waals surface area contributed by atoms with Gasteiger partial charge in [0, 0.05) is 17.6 Å². The van der Waals surface area contributed by atoms with Crippen LogP contribution in [0.25, 0.3) is 0 Å². The van der Waals surface area contributed by atoms with Gasteiger partial charge in [-0.25, -0.2) is 4.98 Å². The van der Waals surface area contributed by atoms with E-state index in [0.717, 1.165) is 31.1 Å². The fourth-order valence-electron chi connectivity index (χ4n) is 1.14. The summed E-state index contributed by atoms with van der Waals surface area (Å²) < 4.78 is 0. The van der Waals surface area contributed by atoms with Crippen molar-refractivity contribution in [3.05, 3.63) is 11.1 Å². The van der Waals surface area contributed by atoms with E-state index in [-0.39, 0.29) is 0 Å². The van der Waals surface area contributed by atoms with Crippen molar-refractivity contribution < 1.29 is 0 Å². The van der Waals surface area contributed by atoms with Crippen molar-refractivity contribution >= 4 is 16.5 Å². The van der Waals surface area contributed by atoms with Gasteiger partial charge in [0.1, 0.15) is 0 Å². The topological polar surface area (TPSA) is 28.2 Å². The standard InChI is InChI=1S/C10H19N3S/c1-4-9-8-12-10(14-9)11-6-5-7-13(2)3/h8H,4-7H2,1-3H3,(H,11,12). The smallest absolute Gasteiger partial charge is 0.182 e. The normalized spacial score (nSPS) is 10.9. The Kier molecular flexibility index (Phi) is 4.90. The number of thiazole rings is 1. The lowest BCUT2D eigenvalue weighted by Gasteiger charge is -2.08. The molecule has 14 heavy (non-hydrogen) atoms. The Hall–Kier alpha value is -0.610. The van der Waals surface area contributed by atoms with Crippen LogP contribution in [0.3, 0.4) is 0 Å². The predicted octanol–water partition coefficient (Wildman–Crippen LogP) is 2.07. The zero-order valence-electron chi connectivity index (χ0n) is 9.21. The lowest BCUT2D eigenvalue weighted by molar-refractivity contribution is 0.405. The summed E-state index contributed by atoms with van der Waals surface area (Å²) in [6, 6.07) is 0. The van der Waals surface area contributed by atoms with Crippen LogP contribution in [-0.4, -0.2) is 37.1 Å². The van der Waals surface area contributed by atoms with Crippen molar-refractivity contribution in [1.29, 1.82) is 0 Å². The molecule has 0 saturated heterocycles. The van der Waals surface area contributed by atoms with Crippen LogP contribution >= 0.6 is 11.3 Å². The zero-order chi connectivity index (χ0) is 10.4. The third kappa shape index (κ3) is 4.07. The van der Waals surface area contributed by atoms with E-state index in [9.17, 15) is 0 Å². The summed E-state index contributed by atoms with van der Waals surface area (Å²) in [6.45, 7) is 4.29. The maximum absolute atomic E-state index is 4.30. The van der Waals surface area contributed by atoms with E-state index in [1.165, 1.54) is 4.88 Å². The van der Waals surface area contributed by atoms with Crippen LogP contribution in [0.2, 0.25) is 0 Å². The lowest BCUT2D eigenvalue weighted by Crippen LogP contribution is -2.16. The number of hydrogen-bond acceptors (Lipinski definition) is 4. The number of aromatic nitrogens is 1. The molecular weight excluding hydrogens is 194 g/mol. The predicted molar refractivity (Wildman–Crippen MR) is 63.2 cm³/mol. The van der Waals surface area contributed by atoms with Crippen LogP contribution in [0.5, 0.6) is 0 Å². The Labute approximate surface area is 90.2 Å². The summed E-state index contributed by atoms with van der Waals surface area (Å²) in [5, 5.41) is 4.39. The average molecular weight is 213 g/mol. The third-order valence-electron chi connectivity index (χ3n) is 1.96. The van der Waals surface area contributed by atoms with Crippen molar-refractivity contribution in [2.24, 2.45) is 0 Å². The molecule has 1 rings (SSSR count). The van der Waals surface area contributed by atoms with Gasteiger partial charge in [-0.15, -0.1) is 11.3 Å². The van der Waals surface area contributed by atoms with Gasteiger partial charge >= 0.3 is 0 Å². The molecule has 1 heterocycles. The molecule has 4 heteroatoms. The molecule has 0 bridgehead atoms. The van der Waals surface area contributed by atoms with Gasteiger partial charge in [-0.05, 0) is 33.5 Å². The first kappa shape index (κ1) is 11.5. The summed E-state index contributed by atoms with van der Waals surface area (Å²) >= 11 is 1.76. The molecule has 0 atom stereocenters. The van der Waals surface area contributed by atoms with Gasteiger partial charge in [0.2, 0.25) is 0 Å². The Morgan fingerprint density at radius 1 is 1.50 bits per heavy atom. The van der Waals surface area contributed by atoms with Gasteiger partial charge in [-0.1, -0.05) is 6.92 Å². The van der Waals surface area contributed by atoms with E-state index in [0.29, 0.717) is 0 Å². The molecule has 80 valence electrons. The highest BCUT2D eigenvalue weighted by Gasteiger charge is 1.98. The molecule has 0 aliphatic heterocycles. The van der Waals surface area contributed by atoms with Gasteiger partial charge in [-0.2, -0.15) is 0 Å². The minimum Gasteiger partial charge on any atom is -0.361 e. The largest absolute Gasteiger partial charge is 0.361 e. The van der Waals surface area contributed by atoms with E-state index in [2.05, 4.69) is 36.2 Å². The summed E-state index contributed by atoms with van der Waals surface area (Å²) in [7, 11) is 4.19. The van der Waals surface area contributed by atoms with Gasteiger partial charge in [0.15, 0.2) is 5.13 Å². The SMILES string of the molecule is CCc1cnc(NCCCN(C)C)s1. The van der Waals surface area contributed by atoms with Crippen LogP contribution in [0.4, 0.5) is 5.13 Å². The maximum Gasteiger partial charge on any atom is 0.182 e. The quantitative estimate of drug-likeness (QED) is 0.733. The van der Waals surface area contributed by atoms with E-state index in [4.69, 9.17) is 0 Å². The van der Waals surface area contributed by atoms with E-state index in [1.54, 1.807) is 11.3 Å². The molecule has 0 spiro atoms. The second-order valence-corrected chi connectivity index (χ2v) is 4.68. The van der Waals surface area contributed by atoms with Crippen LogP contribution in [0.1, 0.15) is 18.2 Å². The van der Waals surface area contributed by atoms with E-state index >= 15 is 0 Å². The van der Waals surface area contributed by atoms with Crippen LogP contribution in [0.15, 0.2) is 6.20 Å². The molecule has 1 aromatic heterocycles. The second kappa shape index (κ2) is 5.98. The van der Waals surface area contributed by atoms with Crippen LogP contribution < -0.4 is 5.32 Å². The number of anilines is 1. The van der Waals surface area contributed by atoms with E-state index < -0.39 is 0 Å². The van der Waals surface area contributed by atoms with Crippen molar-refractivity contribution in [2.75, 3.05) is 32.5 Å². The molecule has 0 unspecified atom stereocenters. The first-order valence-corrected chi connectivity index (χ1v) is 5.87. The van der Waals surface area contributed by atoms with Crippen LogP contribution in [-0.2, 0) is 6.42 Å². The van der Waals surface area contributed by atoms with Crippen molar-refractivity contribution in [3.8, 4) is 0 Å². The second-order valence-electron chi connectivity index (χ2n) is 3.57. The van der Waals surface area contributed by atoms with Crippen LogP contribution in [0, 0.1) is 0 Å². The highest BCUT2D eigenvalue weighted by Crippen LogP contribution is 2.17. The summed E-state index contributed by atoms with van der Waals surface area (Å²) in [4.78, 5) is 7.84. The molecule has 0 fully saturated rings. The summed E-state index contributed by atoms with van der Waals surface area (Å²) in [5.74, 6) is 0. The minimum atomic E-state index is 1.01. The first-order chi connectivity index (χ1) is 6.72. The first-order valence-electron chi connectivity index (χ1n) is 5.05. The number of nitrogens with one attached hydrogen (secondary N) is 1. The molecule has 0 saturated carbocycles. The summed E-state index contributed by atoms with van der Waals surface area (Å²) in [6.07, 6.45) is 4.20. The van der Waals surface area contributed by atoms with E-state index in [1.807, 2.05) is 6.20 Å². The zero-order valence-corrected chi connectivity index (χ0v) is 10.0. The fourth-order valence-corrected chi connectivity index (χ4v) is 1.92. The van der Waals surface area contributed by atoms with Crippen molar-refractivity contribution in [2.45, 2.75) is 19.8 Å². The van der Waals surface area contributed by atoms with Gasteiger partial charge in [0.05, 0.1) is 0 Å². The Balaban J connectivity index is 2.18. The van der Waals surface area contributed by atoms with Crippen molar-refractivity contribution in [3.63, 3.8) is 0 Å². The van der Waals surface area contributed by atoms with Gasteiger partial charge in [0.25, 0.3) is 0 Å². The molecular formula is C10H19N3S. The molecule has 0 aliphatic carbocycles. The average Bonchev–Trinajstić information content (AvgIpc) is 2.60. The number of rotatable bonds is 6. The van der Waals surface area contributed by atoms with Gasteiger partial charge < -0.3 is 10.2 Å². The number of nitrogens with zero attached hydrogens (tertiary/aromatic N) is 2. The highest BCUT2D eigenvalue weighted by atomic mass is 32.1. The Morgan fingerprint density at radius 2 is 2.29 bits per heavy atom. The number of hydrogen-bond donors (Lipinski definition) is 1. The maximum atomic E-state index is 4.30. The summed E-state index contributed by atoms with van der Waals surface area (Å²) in [5.41, 5.74) is 0. The number of aryl methyl sites for hydroxylation is 1. The fraction of sp³-hybridized carbons (Fsp3) is 0.700. The molecule has 0 aromatic carbocycles. The molecule has 1 aromatic rings. The molecule has 0 aliphatic rings. The lowest BCUT2D eigenvalue weighted by atomic mass is 10.4. The highest BCUT2D eigenvalue weighted by molar-refractivity contribution is 7.15. The van der Waals surface area contributed by atoms with Gasteiger partial charge in [-0.3, -0.25) is 0 Å². The third-order valence-corrected chi connectivity index (χ3v) is 3.06.